The Morgan fingerprint density at radius 2 is 1.37 bits per heavy atom. The van der Waals surface area contributed by atoms with E-state index >= 15 is 0 Å². The molecule has 206 valence electrons. The molecule has 1 aliphatic heterocycles. The number of halogens is 6. The monoisotopic (exact) mass is 562 g/mol. The molecule has 0 bridgehead atoms. The lowest BCUT2D eigenvalue weighted by Gasteiger charge is -2.38. The van der Waals surface area contributed by atoms with Crippen LogP contribution >= 0.6 is 0 Å². The first kappa shape index (κ1) is 31.6. The van der Waals surface area contributed by atoms with Gasteiger partial charge in [0.05, 0.1) is 0 Å². The van der Waals surface area contributed by atoms with Crippen LogP contribution in [-0.2, 0) is 29.4 Å². The van der Waals surface area contributed by atoms with Crippen molar-refractivity contribution in [2.45, 2.75) is 62.6 Å². The van der Waals surface area contributed by atoms with Crippen molar-refractivity contribution in [2.24, 2.45) is 5.41 Å². The van der Waals surface area contributed by atoms with E-state index in [9.17, 15) is 57.9 Å². The van der Waals surface area contributed by atoms with E-state index in [1.165, 1.54) is 0 Å². The highest BCUT2D eigenvalue weighted by Gasteiger charge is 2.81. The van der Waals surface area contributed by atoms with Crippen LogP contribution in [0, 0.1) is 5.41 Å². The smallest absolute Gasteiger partial charge is 0.385 e. The average Bonchev–Trinajstić information content (AvgIpc) is 2.75. The molecule has 17 heteroatoms. The summed E-state index contributed by atoms with van der Waals surface area (Å²) in [4.78, 5) is 25.4. The van der Waals surface area contributed by atoms with Gasteiger partial charge in [-0.1, -0.05) is 20.8 Å². The zero-order valence-corrected chi connectivity index (χ0v) is 21.0. The van der Waals surface area contributed by atoms with E-state index in [4.69, 9.17) is 0 Å². The molecule has 1 unspecified atom stereocenters. The maximum atomic E-state index is 14.2. The summed E-state index contributed by atoms with van der Waals surface area (Å²) >= 11 is 0. The van der Waals surface area contributed by atoms with Crippen LogP contribution in [0.4, 0.5) is 26.3 Å². The second-order valence-corrected chi connectivity index (χ2v) is 12.9. The number of piperazine rings is 1. The molecule has 1 N–H and O–H groups in total. The molecule has 1 heterocycles. The Kier molecular flexibility index (Phi) is 9.13. The second-order valence-electron chi connectivity index (χ2n) is 8.82. The van der Waals surface area contributed by atoms with Gasteiger partial charge in [0.2, 0.25) is 15.7 Å². The second kappa shape index (κ2) is 10.1. The fourth-order valence-corrected chi connectivity index (χ4v) is 5.16. The van der Waals surface area contributed by atoms with Crippen molar-refractivity contribution in [3.63, 3.8) is 0 Å². The third-order valence-corrected chi connectivity index (χ3v) is 9.07. The number of carbonyl (C=O) groups is 2. The zero-order chi connectivity index (χ0) is 27.8. The standard InChI is InChI=1S/C18H28F6N2O7S2/c1-5-15(2,3)14(29)12(27)6-7-13(28)25-8-10-26(11-9-25)35(32,33)18(23,24)16(19,20)17(21,22)34(4,30)31/h12,27H,5-11H2,1-4H3. The molecule has 9 nitrogen and oxygen atoms in total. The number of rotatable bonds is 11. The predicted molar refractivity (Wildman–Crippen MR) is 111 cm³/mol. The quantitative estimate of drug-likeness (QED) is 0.378. The van der Waals surface area contributed by atoms with Gasteiger partial charge in [-0.3, -0.25) is 9.59 Å². The van der Waals surface area contributed by atoms with Crippen molar-refractivity contribution in [1.29, 1.82) is 0 Å². The summed E-state index contributed by atoms with van der Waals surface area (Å²) in [5, 5.41) is -2.88. The van der Waals surface area contributed by atoms with E-state index < -0.39 is 91.9 Å². The summed E-state index contributed by atoms with van der Waals surface area (Å²) < 4.78 is 129. The van der Waals surface area contributed by atoms with Gasteiger partial charge in [-0.15, -0.1) is 0 Å². The molecule has 0 aromatic carbocycles. The molecule has 1 atom stereocenters. The molecule has 35 heavy (non-hydrogen) atoms. The molecule has 1 aliphatic rings. The molecule has 0 aromatic rings. The lowest BCUT2D eigenvalue weighted by atomic mass is 9.82. The van der Waals surface area contributed by atoms with E-state index in [1.807, 2.05) is 0 Å². The predicted octanol–water partition coefficient (Wildman–Crippen LogP) is 1.47. The highest BCUT2D eigenvalue weighted by atomic mass is 32.2. The largest absolute Gasteiger partial charge is 0.428 e. The van der Waals surface area contributed by atoms with E-state index in [2.05, 4.69) is 0 Å². The first-order valence-corrected chi connectivity index (χ1v) is 13.6. The molecular weight excluding hydrogens is 534 g/mol. The molecule has 0 radical (unpaired) electrons. The first-order valence-electron chi connectivity index (χ1n) is 10.3. The van der Waals surface area contributed by atoms with E-state index in [-0.39, 0.29) is 17.1 Å². The number of carbonyl (C=O) groups excluding carboxylic acids is 2. The highest BCUT2D eigenvalue weighted by molar-refractivity contribution is 7.92. The molecule has 1 amide bonds. The number of hydrogen-bond acceptors (Lipinski definition) is 7. The van der Waals surface area contributed by atoms with Gasteiger partial charge in [-0.05, 0) is 12.8 Å². The van der Waals surface area contributed by atoms with Gasteiger partial charge < -0.3 is 10.0 Å². The minimum absolute atomic E-state index is 0.231. The first-order chi connectivity index (χ1) is 15.5. The van der Waals surface area contributed by atoms with Gasteiger partial charge in [0, 0.05) is 44.3 Å². The van der Waals surface area contributed by atoms with Crippen molar-refractivity contribution in [1.82, 2.24) is 9.21 Å². The highest BCUT2D eigenvalue weighted by Crippen LogP contribution is 2.51. The van der Waals surface area contributed by atoms with Crippen LogP contribution in [0.2, 0.25) is 0 Å². The number of nitrogens with zero attached hydrogens (tertiary/aromatic N) is 2. The number of Topliss-reactive ketones (excluding diaryl/α,β-unsaturated/α-hetero) is 1. The molecular formula is C18H28F6N2O7S2. The van der Waals surface area contributed by atoms with Crippen LogP contribution in [0.1, 0.15) is 40.0 Å². The van der Waals surface area contributed by atoms with Crippen molar-refractivity contribution in [3.05, 3.63) is 0 Å². The molecule has 0 saturated carbocycles. The van der Waals surface area contributed by atoms with Crippen molar-refractivity contribution in [3.8, 4) is 0 Å². The number of hydrogen-bond donors (Lipinski definition) is 1. The van der Waals surface area contributed by atoms with Crippen LogP contribution in [0.15, 0.2) is 0 Å². The summed E-state index contributed by atoms with van der Waals surface area (Å²) in [6.07, 6.45) is -2.12. The van der Waals surface area contributed by atoms with Gasteiger partial charge in [0.1, 0.15) is 6.10 Å². The average molecular weight is 563 g/mol. The topological polar surface area (TPSA) is 129 Å². The van der Waals surface area contributed by atoms with E-state index in [1.54, 1.807) is 20.8 Å². The van der Waals surface area contributed by atoms with E-state index in [0.717, 1.165) is 4.90 Å². The maximum absolute atomic E-state index is 14.2. The van der Waals surface area contributed by atoms with Crippen LogP contribution in [0.25, 0.3) is 0 Å². The normalized spacial score (nSPS) is 18.4. The Bertz CT molecular complexity index is 1020. The van der Waals surface area contributed by atoms with Gasteiger partial charge >= 0.3 is 16.4 Å². The van der Waals surface area contributed by atoms with Crippen LogP contribution in [-0.4, -0.2) is 97.8 Å². The van der Waals surface area contributed by atoms with Crippen LogP contribution in [0.5, 0.6) is 0 Å². The minimum atomic E-state index is -6.80. The number of alkyl halides is 6. The zero-order valence-electron chi connectivity index (χ0n) is 19.4. The van der Waals surface area contributed by atoms with Gasteiger partial charge in [-0.25, -0.2) is 16.8 Å². The lowest BCUT2D eigenvalue weighted by molar-refractivity contribution is -0.244. The maximum Gasteiger partial charge on any atom is 0.428 e. The minimum Gasteiger partial charge on any atom is -0.385 e. The van der Waals surface area contributed by atoms with Gasteiger partial charge in [0.15, 0.2) is 5.78 Å². The number of aliphatic hydroxyl groups is 1. The van der Waals surface area contributed by atoms with E-state index in [0.29, 0.717) is 6.42 Å². The Morgan fingerprint density at radius 3 is 1.77 bits per heavy atom. The number of ketones is 1. The SMILES string of the molecule is CCC(C)(C)C(=O)C(O)CCC(=O)N1CCN(S(=O)(=O)C(F)(F)C(F)(F)C(F)(F)S(C)(=O)=O)CC1. The third kappa shape index (κ3) is 5.77. The summed E-state index contributed by atoms with van der Waals surface area (Å²) in [7, 11) is -12.6. The summed E-state index contributed by atoms with van der Waals surface area (Å²) in [6.45, 7) is 1.85. The molecule has 1 saturated heterocycles. The Balaban J connectivity index is 2.90. The Labute approximate surface area is 199 Å². The molecule has 0 spiro atoms. The summed E-state index contributed by atoms with van der Waals surface area (Å²) in [5.74, 6) is -7.99. The fraction of sp³-hybridized carbons (Fsp3) is 0.889. The van der Waals surface area contributed by atoms with Crippen molar-refractivity contribution in [2.75, 3.05) is 32.4 Å². The molecule has 1 fully saturated rings. The molecule has 0 aliphatic carbocycles. The van der Waals surface area contributed by atoms with Crippen LogP contribution < -0.4 is 0 Å². The Morgan fingerprint density at radius 1 is 0.914 bits per heavy atom. The number of sulfonamides is 1. The van der Waals surface area contributed by atoms with Gasteiger partial charge in [0.25, 0.3) is 10.0 Å². The number of amides is 1. The summed E-state index contributed by atoms with van der Waals surface area (Å²) in [5.41, 5.74) is -0.844. The Hall–Kier alpha value is -1.46. The van der Waals surface area contributed by atoms with Gasteiger partial charge in [-0.2, -0.15) is 30.6 Å². The summed E-state index contributed by atoms with van der Waals surface area (Å²) in [6, 6.07) is 0. The van der Waals surface area contributed by atoms with Crippen molar-refractivity contribution < 1.29 is 57.9 Å². The van der Waals surface area contributed by atoms with Crippen molar-refractivity contribution >= 4 is 31.6 Å². The number of aliphatic hydroxyl groups excluding tert-OH is 1. The molecule has 0 aromatic heterocycles. The lowest BCUT2D eigenvalue weighted by Crippen LogP contribution is -2.64. The number of sulfone groups is 1. The fourth-order valence-electron chi connectivity index (χ4n) is 3.08. The van der Waals surface area contributed by atoms with Crippen LogP contribution in [0.3, 0.4) is 0 Å². The molecule has 1 rings (SSSR count). The third-order valence-electron chi connectivity index (χ3n) is 5.94.